The normalized spacial score (nSPS) is 15.9. The van der Waals surface area contributed by atoms with Crippen molar-refractivity contribution < 1.29 is 0 Å². The van der Waals surface area contributed by atoms with Crippen LogP contribution in [0.5, 0.6) is 0 Å². The second kappa shape index (κ2) is 3.87. The Morgan fingerprint density at radius 3 is 2.72 bits per heavy atom. The third-order valence-corrected chi connectivity index (χ3v) is 3.81. The maximum atomic E-state index is 12.0. The van der Waals surface area contributed by atoms with Crippen molar-refractivity contribution in [1.82, 2.24) is 4.98 Å². The summed E-state index contributed by atoms with van der Waals surface area (Å²) in [6.45, 7) is 4.39. The fourth-order valence-corrected chi connectivity index (χ4v) is 2.53. The predicted molar refractivity (Wildman–Crippen MR) is 75.0 cm³/mol. The minimum atomic E-state index is -0.0257. The van der Waals surface area contributed by atoms with Crippen LogP contribution in [0.15, 0.2) is 35.1 Å². The molecule has 1 aromatic carbocycles. The van der Waals surface area contributed by atoms with Crippen molar-refractivity contribution in [3.8, 4) is 0 Å². The van der Waals surface area contributed by atoms with Gasteiger partial charge in [-0.2, -0.15) is 0 Å². The molecule has 1 aliphatic rings. The number of fused-ring (bicyclic) bond motifs is 1. The summed E-state index contributed by atoms with van der Waals surface area (Å²) in [6.07, 6.45) is 2.55. The highest BCUT2D eigenvalue weighted by Gasteiger charge is 2.37. The van der Waals surface area contributed by atoms with E-state index in [1.807, 2.05) is 30.3 Å². The molecule has 2 aromatic rings. The molecule has 0 atom stereocenters. The number of nitrogens with one attached hydrogen (secondary N) is 2. The van der Waals surface area contributed by atoms with Crippen molar-refractivity contribution in [2.75, 3.05) is 5.32 Å². The minimum absolute atomic E-state index is 0.0257. The SMILES string of the molecule is CC(C)(Nc1cc2ccccc2c(=O)[nH]1)C1CC1. The van der Waals surface area contributed by atoms with Crippen molar-refractivity contribution in [2.45, 2.75) is 32.2 Å². The summed E-state index contributed by atoms with van der Waals surface area (Å²) in [6, 6.07) is 9.68. The molecular weight excluding hydrogens is 224 g/mol. The molecule has 2 N–H and O–H groups in total. The topological polar surface area (TPSA) is 44.9 Å². The lowest BCUT2D eigenvalue weighted by Gasteiger charge is -2.27. The second-order valence-corrected chi connectivity index (χ2v) is 5.72. The number of hydrogen-bond acceptors (Lipinski definition) is 2. The number of rotatable bonds is 3. The van der Waals surface area contributed by atoms with Gasteiger partial charge < -0.3 is 10.3 Å². The summed E-state index contributed by atoms with van der Waals surface area (Å²) in [7, 11) is 0. The minimum Gasteiger partial charge on any atom is -0.366 e. The van der Waals surface area contributed by atoms with Crippen LogP contribution >= 0.6 is 0 Å². The number of anilines is 1. The van der Waals surface area contributed by atoms with Crippen molar-refractivity contribution in [3.63, 3.8) is 0 Å². The first-order valence-electron chi connectivity index (χ1n) is 6.46. The maximum absolute atomic E-state index is 12.0. The number of aromatic nitrogens is 1. The van der Waals surface area contributed by atoms with Crippen molar-refractivity contribution in [1.29, 1.82) is 0 Å². The highest BCUT2D eigenvalue weighted by Crippen LogP contribution is 2.40. The first-order valence-corrected chi connectivity index (χ1v) is 6.46. The third kappa shape index (κ3) is 2.01. The fourth-order valence-electron chi connectivity index (χ4n) is 2.53. The van der Waals surface area contributed by atoms with Crippen LogP contribution in [-0.4, -0.2) is 10.5 Å². The van der Waals surface area contributed by atoms with Crippen LogP contribution in [0.25, 0.3) is 10.8 Å². The van der Waals surface area contributed by atoms with Crippen LogP contribution in [0.1, 0.15) is 26.7 Å². The average molecular weight is 242 g/mol. The fraction of sp³-hybridized carbons (Fsp3) is 0.400. The van der Waals surface area contributed by atoms with Gasteiger partial charge in [-0.05, 0) is 50.1 Å². The van der Waals surface area contributed by atoms with E-state index in [1.54, 1.807) is 0 Å². The van der Waals surface area contributed by atoms with Crippen molar-refractivity contribution in [2.24, 2.45) is 5.92 Å². The van der Waals surface area contributed by atoms with Crippen LogP contribution in [0.3, 0.4) is 0 Å². The van der Waals surface area contributed by atoms with E-state index in [4.69, 9.17) is 0 Å². The summed E-state index contributed by atoms with van der Waals surface area (Å²) >= 11 is 0. The van der Waals surface area contributed by atoms with Gasteiger partial charge in [0.25, 0.3) is 5.56 Å². The van der Waals surface area contributed by atoms with E-state index in [9.17, 15) is 4.79 Å². The highest BCUT2D eigenvalue weighted by atomic mass is 16.1. The molecule has 1 saturated carbocycles. The Bertz CT molecular complexity index is 638. The molecule has 0 amide bonds. The zero-order valence-corrected chi connectivity index (χ0v) is 10.8. The number of aromatic amines is 1. The van der Waals surface area contributed by atoms with Gasteiger partial charge in [0, 0.05) is 10.9 Å². The molecule has 0 radical (unpaired) electrons. The molecular formula is C15H18N2O. The summed E-state index contributed by atoms with van der Waals surface area (Å²) < 4.78 is 0. The molecule has 1 aliphatic carbocycles. The molecule has 1 fully saturated rings. The molecule has 3 rings (SSSR count). The van der Waals surface area contributed by atoms with E-state index in [0.29, 0.717) is 5.92 Å². The molecule has 1 aromatic heterocycles. The van der Waals surface area contributed by atoms with Crippen LogP contribution in [0, 0.1) is 5.92 Å². The molecule has 0 saturated heterocycles. The molecule has 18 heavy (non-hydrogen) atoms. The maximum Gasteiger partial charge on any atom is 0.257 e. The quantitative estimate of drug-likeness (QED) is 0.868. The summed E-state index contributed by atoms with van der Waals surface area (Å²) in [5, 5.41) is 5.18. The molecule has 94 valence electrons. The molecule has 0 bridgehead atoms. The summed E-state index contributed by atoms with van der Waals surface area (Å²) in [5.41, 5.74) is 0.0213. The van der Waals surface area contributed by atoms with Crippen LogP contribution in [-0.2, 0) is 0 Å². The predicted octanol–water partition coefficient (Wildman–Crippen LogP) is 3.13. The van der Waals surface area contributed by atoms with E-state index in [2.05, 4.69) is 24.1 Å². The zero-order valence-electron chi connectivity index (χ0n) is 10.8. The highest BCUT2D eigenvalue weighted by molar-refractivity contribution is 5.83. The van der Waals surface area contributed by atoms with Gasteiger partial charge in [0.2, 0.25) is 0 Å². The number of benzene rings is 1. The Kier molecular flexibility index (Phi) is 2.44. The standard InChI is InChI=1S/C15H18N2O/c1-15(2,11-7-8-11)17-13-9-10-5-3-4-6-12(10)14(18)16-13/h3-6,9,11H,7-8H2,1-2H3,(H2,16,17,18). The number of H-pyrrole nitrogens is 1. The van der Waals surface area contributed by atoms with Gasteiger partial charge in [0.05, 0.1) is 0 Å². The van der Waals surface area contributed by atoms with Gasteiger partial charge in [-0.15, -0.1) is 0 Å². The monoisotopic (exact) mass is 242 g/mol. The van der Waals surface area contributed by atoms with Gasteiger partial charge in [-0.25, -0.2) is 0 Å². The van der Waals surface area contributed by atoms with Crippen LogP contribution in [0.2, 0.25) is 0 Å². The Labute approximate surface area is 106 Å². The van der Waals surface area contributed by atoms with E-state index >= 15 is 0 Å². The lowest BCUT2D eigenvalue weighted by Crippen LogP contribution is -2.34. The molecule has 3 heteroatoms. The van der Waals surface area contributed by atoms with E-state index in [0.717, 1.165) is 16.6 Å². The number of hydrogen-bond donors (Lipinski definition) is 2. The average Bonchev–Trinajstić information content (AvgIpc) is 3.12. The largest absolute Gasteiger partial charge is 0.366 e. The first kappa shape index (κ1) is 11.3. The lowest BCUT2D eigenvalue weighted by molar-refractivity contribution is 0.492. The van der Waals surface area contributed by atoms with Gasteiger partial charge in [0.15, 0.2) is 0 Å². The molecule has 0 unspecified atom stereocenters. The molecule has 1 heterocycles. The summed E-state index contributed by atoms with van der Waals surface area (Å²) in [4.78, 5) is 14.9. The Balaban J connectivity index is 2.00. The van der Waals surface area contributed by atoms with Gasteiger partial charge in [-0.3, -0.25) is 4.79 Å². The number of pyridine rings is 1. The third-order valence-electron chi connectivity index (χ3n) is 3.81. The Morgan fingerprint density at radius 2 is 2.00 bits per heavy atom. The van der Waals surface area contributed by atoms with Crippen LogP contribution in [0.4, 0.5) is 5.82 Å². The molecule has 3 nitrogen and oxygen atoms in total. The van der Waals surface area contributed by atoms with Crippen LogP contribution < -0.4 is 10.9 Å². The van der Waals surface area contributed by atoms with Gasteiger partial charge >= 0.3 is 0 Å². The molecule has 0 spiro atoms. The Hall–Kier alpha value is -1.77. The Morgan fingerprint density at radius 1 is 1.28 bits per heavy atom. The van der Waals surface area contributed by atoms with Crippen molar-refractivity contribution in [3.05, 3.63) is 40.7 Å². The lowest BCUT2D eigenvalue weighted by atomic mass is 9.99. The zero-order chi connectivity index (χ0) is 12.8. The van der Waals surface area contributed by atoms with E-state index in [-0.39, 0.29) is 11.1 Å². The first-order chi connectivity index (χ1) is 8.56. The smallest absolute Gasteiger partial charge is 0.257 e. The van der Waals surface area contributed by atoms with E-state index < -0.39 is 0 Å². The van der Waals surface area contributed by atoms with Gasteiger partial charge in [0.1, 0.15) is 5.82 Å². The van der Waals surface area contributed by atoms with Crippen molar-refractivity contribution >= 4 is 16.6 Å². The van der Waals surface area contributed by atoms with E-state index in [1.165, 1.54) is 12.8 Å². The molecule has 0 aliphatic heterocycles. The second-order valence-electron chi connectivity index (χ2n) is 5.72. The summed E-state index contributed by atoms with van der Waals surface area (Å²) in [5.74, 6) is 1.53. The van der Waals surface area contributed by atoms with Gasteiger partial charge in [-0.1, -0.05) is 18.2 Å².